The fourth-order valence-electron chi connectivity index (χ4n) is 4.45. The van der Waals surface area contributed by atoms with Crippen LogP contribution in [0.2, 0.25) is 0 Å². The first-order valence-electron chi connectivity index (χ1n) is 9.92. The molecule has 2 unspecified atom stereocenters. The minimum Gasteiger partial charge on any atom is -0.492 e. The number of rotatable bonds is 6. The van der Waals surface area contributed by atoms with Crippen molar-refractivity contribution in [3.8, 4) is 5.75 Å². The summed E-state index contributed by atoms with van der Waals surface area (Å²) in [4.78, 5) is 2.49. The zero-order valence-corrected chi connectivity index (χ0v) is 17.3. The maximum atomic E-state index is 6.72. The third kappa shape index (κ3) is 3.60. The Hall–Kier alpha value is -1.22. The summed E-state index contributed by atoms with van der Waals surface area (Å²) >= 11 is 13.4. The first-order valence-corrected chi connectivity index (χ1v) is 10.7. The number of nitrogens with zero attached hydrogens (tertiary/aromatic N) is 1. The summed E-state index contributed by atoms with van der Waals surface area (Å²) in [7, 11) is 0. The third-order valence-electron chi connectivity index (χ3n) is 6.26. The largest absolute Gasteiger partial charge is 0.492 e. The molecule has 2 fully saturated rings. The van der Waals surface area contributed by atoms with Gasteiger partial charge < -0.3 is 4.74 Å². The van der Waals surface area contributed by atoms with Crippen molar-refractivity contribution in [1.29, 1.82) is 0 Å². The van der Waals surface area contributed by atoms with Crippen LogP contribution in [0.1, 0.15) is 43.2 Å². The highest BCUT2D eigenvalue weighted by molar-refractivity contribution is 6.53. The van der Waals surface area contributed by atoms with E-state index >= 15 is 0 Å². The molecule has 1 aliphatic carbocycles. The lowest BCUT2D eigenvalue weighted by atomic mass is 9.93. The molecule has 1 saturated heterocycles. The van der Waals surface area contributed by atoms with Gasteiger partial charge in [0.2, 0.25) is 0 Å². The van der Waals surface area contributed by atoms with Crippen molar-refractivity contribution in [3.05, 3.63) is 65.7 Å². The number of piperidine rings is 1. The fourth-order valence-corrected chi connectivity index (χ4v) is 5.46. The minimum atomic E-state index is -0.787. The van der Waals surface area contributed by atoms with E-state index in [1.807, 2.05) is 30.3 Å². The molecule has 0 N–H and O–H groups in total. The highest BCUT2D eigenvalue weighted by Crippen LogP contribution is 2.74. The molecule has 2 aromatic rings. The van der Waals surface area contributed by atoms with Gasteiger partial charge >= 0.3 is 0 Å². The van der Waals surface area contributed by atoms with Gasteiger partial charge in [-0.15, -0.1) is 0 Å². The second-order valence-electron chi connectivity index (χ2n) is 7.94. The van der Waals surface area contributed by atoms with Gasteiger partial charge in [0.25, 0.3) is 0 Å². The Morgan fingerprint density at radius 1 is 0.963 bits per heavy atom. The topological polar surface area (TPSA) is 12.5 Å². The highest BCUT2D eigenvalue weighted by atomic mass is 35.5. The summed E-state index contributed by atoms with van der Waals surface area (Å²) in [5, 5.41) is 0. The SMILES string of the molecule is CC1(c2ccccc2)C(c2ccc(OCCN3CCCCC3)cc2)C1(Cl)Cl. The van der Waals surface area contributed by atoms with Crippen LogP contribution in [0, 0.1) is 0 Å². The number of alkyl halides is 2. The Bertz CT molecular complexity index is 756. The summed E-state index contributed by atoms with van der Waals surface area (Å²) in [6.45, 7) is 6.30. The Morgan fingerprint density at radius 2 is 1.63 bits per heavy atom. The molecule has 2 nitrogen and oxygen atoms in total. The zero-order chi connectivity index (χ0) is 18.9. The van der Waals surface area contributed by atoms with Crippen molar-refractivity contribution in [2.45, 2.75) is 41.9 Å². The molecule has 0 radical (unpaired) electrons. The molecule has 4 rings (SSSR count). The van der Waals surface area contributed by atoms with Gasteiger partial charge in [-0.25, -0.2) is 0 Å². The normalized spacial score (nSPS) is 27.3. The van der Waals surface area contributed by atoms with Crippen molar-refractivity contribution < 1.29 is 4.74 Å². The lowest BCUT2D eigenvalue weighted by molar-refractivity contribution is 0.183. The maximum Gasteiger partial charge on any atom is 0.136 e. The van der Waals surface area contributed by atoms with Crippen LogP contribution in [-0.4, -0.2) is 35.5 Å². The summed E-state index contributed by atoms with van der Waals surface area (Å²) in [6.07, 6.45) is 3.99. The van der Waals surface area contributed by atoms with E-state index in [9.17, 15) is 0 Å². The third-order valence-corrected chi connectivity index (χ3v) is 7.48. The number of benzene rings is 2. The number of hydrogen-bond acceptors (Lipinski definition) is 2. The van der Waals surface area contributed by atoms with E-state index in [0.29, 0.717) is 0 Å². The number of ether oxygens (including phenoxy) is 1. The van der Waals surface area contributed by atoms with Crippen molar-refractivity contribution >= 4 is 23.2 Å². The molecule has 0 aromatic heterocycles. The Morgan fingerprint density at radius 3 is 2.30 bits per heavy atom. The van der Waals surface area contributed by atoms with E-state index in [4.69, 9.17) is 27.9 Å². The van der Waals surface area contributed by atoms with E-state index in [1.165, 1.54) is 37.9 Å². The van der Waals surface area contributed by atoms with Gasteiger partial charge in [0.05, 0.1) is 0 Å². The molecule has 144 valence electrons. The summed E-state index contributed by atoms with van der Waals surface area (Å²) in [6, 6.07) is 18.6. The van der Waals surface area contributed by atoms with Crippen LogP contribution in [0.3, 0.4) is 0 Å². The summed E-state index contributed by atoms with van der Waals surface area (Å²) < 4.78 is 5.16. The molecule has 0 spiro atoms. The van der Waals surface area contributed by atoms with Crippen molar-refractivity contribution in [2.24, 2.45) is 0 Å². The van der Waals surface area contributed by atoms with Crippen LogP contribution in [0.4, 0.5) is 0 Å². The van der Waals surface area contributed by atoms with E-state index in [2.05, 4.69) is 36.1 Å². The van der Waals surface area contributed by atoms with E-state index in [1.54, 1.807) is 0 Å². The first kappa shape index (κ1) is 19.1. The standard InChI is InChI=1S/C23H27Cl2NO/c1-22(19-8-4-2-5-9-19)21(23(22,24)25)18-10-12-20(13-11-18)27-17-16-26-14-6-3-7-15-26/h2,4-5,8-13,21H,3,6-7,14-17H2,1H3. The first-order chi connectivity index (χ1) is 13.0. The van der Waals surface area contributed by atoms with E-state index in [-0.39, 0.29) is 11.3 Å². The average Bonchev–Trinajstić information content (AvgIpc) is 3.17. The fraction of sp³-hybridized carbons (Fsp3) is 0.478. The molecule has 0 bridgehead atoms. The van der Waals surface area contributed by atoms with Gasteiger partial charge in [-0.2, -0.15) is 0 Å². The Kier molecular flexibility index (Phi) is 5.42. The smallest absolute Gasteiger partial charge is 0.136 e. The monoisotopic (exact) mass is 403 g/mol. The van der Waals surface area contributed by atoms with Crippen molar-refractivity contribution in [3.63, 3.8) is 0 Å². The van der Waals surface area contributed by atoms with Gasteiger partial charge in [0, 0.05) is 17.9 Å². The Labute approximate surface area is 172 Å². The van der Waals surface area contributed by atoms with Crippen LogP contribution in [0.5, 0.6) is 5.75 Å². The van der Waals surface area contributed by atoms with Crippen LogP contribution in [0.25, 0.3) is 0 Å². The highest BCUT2D eigenvalue weighted by Gasteiger charge is 2.74. The lowest BCUT2D eigenvalue weighted by Crippen LogP contribution is -2.33. The van der Waals surface area contributed by atoms with Crippen LogP contribution < -0.4 is 4.74 Å². The van der Waals surface area contributed by atoms with Crippen molar-refractivity contribution in [1.82, 2.24) is 4.90 Å². The number of likely N-dealkylation sites (tertiary alicyclic amines) is 1. The zero-order valence-electron chi connectivity index (χ0n) is 15.8. The predicted molar refractivity (Wildman–Crippen MR) is 113 cm³/mol. The summed E-state index contributed by atoms with van der Waals surface area (Å²) in [5.41, 5.74) is 2.07. The average molecular weight is 404 g/mol. The van der Waals surface area contributed by atoms with Gasteiger partial charge in [-0.3, -0.25) is 4.90 Å². The maximum absolute atomic E-state index is 6.72. The molecule has 1 saturated carbocycles. The van der Waals surface area contributed by atoms with E-state index in [0.717, 1.165) is 24.5 Å². The van der Waals surface area contributed by atoms with Crippen LogP contribution >= 0.6 is 23.2 Å². The second-order valence-corrected chi connectivity index (χ2v) is 9.33. The minimum absolute atomic E-state index is 0.0816. The van der Waals surface area contributed by atoms with Gasteiger partial charge in [-0.05, 0) is 49.2 Å². The molecule has 27 heavy (non-hydrogen) atoms. The second kappa shape index (κ2) is 7.66. The van der Waals surface area contributed by atoms with E-state index < -0.39 is 4.33 Å². The molecule has 2 atom stereocenters. The number of hydrogen-bond donors (Lipinski definition) is 0. The van der Waals surface area contributed by atoms with Crippen molar-refractivity contribution in [2.75, 3.05) is 26.2 Å². The number of halogens is 2. The van der Waals surface area contributed by atoms with Gasteiger partial charge in [0.1, 0.15) is 16.7 Å². The quantitative estimate of drug-likeness (QED) is 0.566. The molecular weight excluding hydrogens is 377 g/mol. The molecule has 1 heterocycles. The van der Waals surface area contributed by atoms with Gasteiger partial charge in [0.15, 0.2) is 0 Å². The lowest BCUT2D eigenvalue weighted by Gasteiger charge is -2.26. The van der Waals surface area contributed by atoms with Gasteiger partial charge in [-0.1, -0.05) is 79.0 Å². The summed E-state index contributed by atoms with van der Waals surface area (Å²) in [5.74, 6) is 0.991. The molecular formula is C23H27Cl2NO. The molecule has 2 aromatic carbocycles. The molecule has 4 heteroatoms. The molecule has 1 aliphatic heterocycles. The Balaban J connectivity index is 1.39. The molecule has 0 amide bonds. The van der Waals surface area contributed by atoms with Crippen LogP contribution in [-0.2, 0) is 5.41 Å². The molecule has 2 aliphatic rings. The van der Waals surface area contributed by atoms with Crippen LogP contribution in [0.15, 0.2) is 54.6 Å². The predicted octanol–water partition coefficient (Wildman–Crippen LogP) is 5.78.